The molecule has 0 saturated heterocycles. The standard InChI is InChI=1S/C18H17F2N5O/c19-12-3-11(4-13(20)5-12)14-1-2-23-25(14)16(26)18-7-17(8-18,9-18)6-15-21-10-22-24-15/h2-5,10,14H,1,6-9H2,(H,21,22,24). The second-order valence-corrected chi connectivity index (χ2v) is 7.82. The van der Waals surface area contributed by atoms with E-state index in [0.29, 0.717) is 12.0 Å². The van der Waals surface area contributed by atoms with E-state index >= 15 is 0 Å². The number of aromatic amines is 1. The predicted octanol–water partition coefficient (Wildman–Crippen LogP) is 2.76. The van der Waals surface area contributed by atoms with Gasteiger partial charge in [0.1, 0.15) is 23.8 Å². The Morgan fingerprint density at radius 3 is 2.62 bits per heavy atom. The average molecular weight is 357 g/mol. The molecule has 0 spiro atoms. The van der Waals surface area contributed by atoms with E-state index in [9.17, 15) is 13.6 Å². The fraction of sp³-hybridized carbons (Fsp3) is 0.444. The van der Waals surface area contributed by atoms with E-state index in [1.54, 1.807) is 6.21 Å². The molecular formula is C18H17F2N5O. The summed E-state index contributed by atoms with van der Waals surface area (Å²) in [6, 6.07) is 2.94. The van der Waals surface area contributed by atoms with Gasteiger partial charge in [-0.15, -0.1) is 0 Å². The molecule has 0 radical (unpaired) electrons. The first kappa shape index (κ1) is 15.6. The highest BCUT2D eigenvalue weighted by atomic mass is 19.1. The highest BCUT2D eigenvalue weighted by Gasteiger charge is 2.72. The van der Waals surface area contributed by atoms with Crippen LogP contribution in [0.2, 0.25) is 0 Å². The van der Waals surface area contributed by atoms with Gasteiger partial charge in [-0.2, -0.15) is 10.2 Å². The topological polar surface area (TPSA) is 74.2 Å². The fourth-order valence-electron chi connectivity index (χ4n) is 4.98. The zero-order valence-electron chi connectivity index (χ0n) is 14.0. The quantitative estimate of drug-likeness (QED) is 0.914. The van der Waals surface area contributed by atoms with Crippen LogP contribution in [0.3, 0.4) is 0 Å². The van der Waals surface area contributed by atoms with E-state index in [0.717, 1.165) is 37.6 Å². The summed E-state index contributed by atoms with van der Waals surface area (Å²) in [5, 5.41) is 12.4. The van der Waals surface area contributed by atoms with Crippen molar-refractivity contribution in [2.24, 2.45) is 15.9 Å². The first-order valence-corrected chi connectivity index (χ1v) is 8.65. The number of H-pyrrole nitrogens is 1. The van der Waals surface area contributed by atoms with Crippen LogP contribution < -0.4 is 0 Å². The summed E-state index contributed by atoms with van der Waals surface area (Å²) in [5.74, 6) is -0.481. The van der Waals surface area contributed by atoms with Crippen molar-refractivity contribution in [2.45, 2.75) is 38.1 Å². The van der Waals surface area contributed by atoms with Crippen molar-refractivity contribution in [1.82, 2.24) is 20.2 Å². The minimum Gasteiger partial charge on any atom is -0.272 e. The van der Waals surface area contributed by atoms with Crippen molar-refractivity contribution in [2.75, 3.05) is 0 Å². The van der Waals surface area contributed by atoms with Gasteiger partial charge in [-0.3, -0.25) is 9.89 Å². The summed E-state index contributed by atoms with van der Waals surface area (Å²) < 4.78 is 27.1. The van der Waals surface area contributed by atoms with Gasteiger partial charge in [0.15, 0.2) is 0 Å². The fourth-order valence-corrected chi connectivity index (χ4v) is 4.98. The molecule has 3 saturated carbocycles. The lowest BCUT2D eigenvalue weighted by molar-refractivity contribution is -0.217. The van der Waals surface area contributed by atoms with Crippen molar-refractivity contribution >= 4 is 12.1 Å². The maximum Gasteiger partial charge on any atom is 0.249 e. The molecule has 2 heterocycles. The SMILES string of the molecule is O=C(N1N=CCC1c1cc(F)cc(F)c1)C12CC(Cc3ncn[nH]3)(C1)C2. The van der Waals surface area contributed by atoms with Gasteiger partial charge in [0.05, 0.1) is 11.5 Å². The normalized spacial score (nSPS) is 31.6. The minimum atomic E-state index is -0.643. The Morgan fingerprint density at radius 1 is 1.23 bits per heavy atom. The number of carbonyl (C=O) groups is 1. The van der Waals surface area contributed by atoms with E-state index in [4.69, 9.17) is 0 Å². The third-order valence-electron chi connectivity index (χ3n) is 5.91. The van der Waals surface area contributed by atoms with Crippen LogP contribution in [0.4, 0.5) is 8.78 Å². The zero-order chi connectivity index (χ0) is 17.9. The summed E-state index contributed by atoms with van der Waals surface area (Å²) in [5.41, 5.74) is 0.182. The Morgan fingerprint density at radius 2 is 1.96 bits per heavy atom. The number of benzene rings is 1. The number of nitrogens with zero attached hydrogens (tertiary/aromatic N) is 4. The Labute approximate surface area is 148 Å². The van der Waals surface area contributed by atoms with Crippen LogP contribution in [-0.2, 0) is 11.2 Å². The summed E-state index contributed by atoms with van der Waals surface area (Å²) in [6.07, 6.45) is 6.80. The van der Waals surface area contributed by atoms with Crippen LogP contribution in [0.15, 0.2) is 29.6 Å². The molecular weight excluding hydrogens is 340 g/mol. The van der Waals surface area contributed by atoms with Gasteiger partial charge in [0.25, 0.3) is 0 Å². The van der Waals surface area contributed by atoms with Gasteiger partial charge >= 0.3 is 0 Å². The second kappa shape index (κ2) is 5.18. The van der Waals surface area contributed by atoms with Gasteiger partial charge in [0.2, 0.25) is 5.91 Å². The van der Waals surface area contributed by atoms with Crippen LogP contribution in [0.1, 0.15) is 43.1 Å². The van der Waals surface area contributed by atoms with Gasteiger partial charge in [0, 0.05) is 25.1 Å². The maximum atomic E-state index is 13.6. The molecule has 3 aliphatic carbocycles. The lowest BCUT2D eigenvalue weighted by Gasteiger charge is -2.69. The number of amides is 1. The second-order valence-electron chi connectivity index (χ2n) is 7.82. The van der Waals surface area contributed by atoms with E-state index in [2.05, 4.69) is 20.3 Å². The molecule has 134 valence electrons. The maximum absolute atomic E-state index is 13.6. The Kier molecular flexibility index (Phi) is 3.11. The molecule has 2 bridgehead atoms. The van der Waals surface area contributed by atoms with Crippen molar-refractivity contribution in [1.29, 1.82) is 0 Å². The number of aromatic nitrogens is 3. The Balaban J connectivity index is 1.31. The van der Waals surface area contributed by atoms with Gasteiger partial charge in [-0.05, 0) is 42.4 Å². The number of hydrazone groups is 1. The molecule has 6 nitrogen and oxygen atoms in total. The lowest BCUT2D eigenvalue weighted by Crippen LogP contribution is -2.68. The van der Waals surface area contributed by atoms with Crippen molar-refractivity contribution in [3.05, 3.63) is 47.5 Å². The van der Waals surface area contributed by atoms with Crippen molar-refractivity contribution in [3.8, 4) is 0 Å². The number of carbonyl (C=O) groups excluding carboxylic acids is 1. The van der Waals surface area contributed by atoms with Crippen LogP contribution in [-0.4, -0.2) is 32.3 Å². The third-order valence-corrected chi connectivity index (χ3v) is 5.91. The van der Waals surface area contributed by atoms with Gasteiger partial charge < -0.3 is 0 Å². The van der Waals surface area contributed by atoms with Crippen molar-refractivity contribution in [3.63, 3.8) is 0 Å². The molecule has 1 unspecified atom stereocenters. The van der Waals surface area contributed by atoms with E-state index in [-0.39, 0.29) is 16.7 Å². The van der Waals surface area contributed by atoms with Crippen LogP contribution in [0.5, 0.6) is 0 Å². The summed E-state index contributed by atoms with van der Waals surface area (Å²) in [4.78, 5) is 17.2. The molecule has 1 aliphatic heterocycles. The summed E-state index contributed by atoms with van der Waals surface area (Å²) in [6.45, 7) is 0. The average Bonchev–Trinajstić information content (AvgIpc) is 3.19. The molecule has 1 amide bonds. The van der Waals surface area contributed by atoms with Crippen LogP contribution in [0, 0.1) is 22.5 Å². The molecule has 2 aromatic rings. The summed E-state index contributed by atoms with van der Waals surface area (Å²) >= 11 is 0. The summed E-state index contributed by atoms with van der Waals surface area (Å²) in [7, 11) is 0. The molecule has 1 atom stereocenters. The third kappa shape index (κ3) is 2.21. The molecule has 1 N–H and O–H groups in total. The molecule has 26 heavy (non-hydrogen) atoms. The first-order valence-electron chi connectivity index (χ1n) is 8.65. The smallest absolute Gasteiger partial charge is 0.249 e. The number of rotatable bonds is 4. The first-order chi connectivity index (χ1) is 12.5. The predicted molar refractivity (Wildman–Crippen MR) is 87.9 cm³/mol. The molecule has 8 heteroatoms. The zero-order valence-corrected chi connectivity index (χ0v) is 14.0. The van der Waals surface area contributed by atoms with Crippen LogP contribution >= 0.6 is 0 Å². The molecule has 6 rings (SSSR count). The largest absolute Gasteiger partial charge is 0.272 e. The number of hydrogen-bond donors (Lipinski definition) is 1. The molecule has 4 aliphatic rings. The minimum absolute atomic E-state index is 0.0413. The highest BCUT2D eigenvalue weighted by Crippen LogP contribution is 2.75. The molecule has 3 fully saturated rings. The van der Waals surface area contributed by atoms with Crippen molar-refractivity contribution < 1.29 is 13.6 Å². The Hall–Kier alpha value is -2.64. The van der Waals surface area contributed by atoms with E-state index in [1.165, 1.54) is 23.5 Å². The monoisotopic (exact) mass is 357 g/mol. The lowest BCUT2D eigenvalue weighted by atomic mass is 9.34. The molecule has 1 aromatic heterocycles. The van der Waals surface area contributed by atoms with Gasteiger partial charge in [-0.25, -0.2) is 18.8 Å². The van der Waals surface area contributed by atoms with Crippen LogP contribution in [0.25, 0.3) is 0 Å². The number of nitrogens with one attached hydrogen (secondary N) is 1. The van der Waals surface area contributed by atoms with E-state index < -0.39 is 17.7 Å². The number of halogens is 2. The number of hydrogen-bond acceptors (Lipinski definition) is 4. The van der Waals surface area contributed by atoms with E-state index in [1.807, 2.05) is 0 Å². The van der Waals surface area contributed by atoms with Gasteiger partial charge in [-0.1, -0.05) is 0 Å². The highest BCUT2D eigenvalue weighted by molar-refractivity contribution is 5.88. The molecule has 1 aromatic carbocycles. The Bertz CT molecular complexity index is 870.